The molecule has 10 heteroatoms. The van der Waals surface area contributed by atoms with Crippen molar-refractivity contribution in [2.75, 3.05) is 0 Å². The minimum absolute atomic E-state index is 0.0155. The maximum absolute atomic E-state index is 14.0. The Morgan fingerprint density at radius 3 is 2.52 bits per heavy atom. The monoisotopic (exact) mass is 347 g/mol. The fraction of sp³-hybridized carbons (Fsp3) is 0.154. The molecule has 0 aliphatic heterocycles. The van der Waals surface area contributed by atoms with Gasteiger partial charge >= 0.3 is 5.69 Å². The Morgan fingerprint density at radius 1 is 1.35 bits per heavy atom. The molecule has 122 valence electrons. The Kier molecular flexibility index (Phi) is 4.33. The highest BCUT2D eigenvalue weighted by atomic mass is 35.5. The van der Waals surface area contributed by atoms with Crippen molar-refractivity contribution in [1.82, 2.24) is 9.55 Å². The zero-order valence-electron chi connectivity index (χ0n) is 11.5. The molecule has 1 aromatic heterocycles. The topological polar surface area (TPSA) is 87.4 Å². The largest absolute Gasteiger partial charge is 0.411 e. The first-order valence-corrected chi connectivity index (χ1v) is 6.44. The second-order valence-electron chi connectivity index (χ2n) is 4.62. The lowest BCUT2D eigenvalue weighted by Crippen LogP contribution is -2.36. The summed E-state index contributed by atoms with van der Waals surface area (Å²) in [6, 6.07) is 2.26. The molecule has 0 amide bonds. The van der Waals surface area contributed by atoms with Gasteiger partial charge in [0.25, 0.3) is 11.5 Å². The zero-order valence-corrected chi connectivity index (χ0v) is 12.2. The van der Waals surface area contributed by atoms with Gasteiger partial charge in [-0.1, -0.05) is 16.8 Å². The summed E-state index contributed by atoms with van der Waals surface area (Å²) < 4.78 is 40.7. The van der Waals surface area contributed by atoms with Gasteiger partial charge in [-0.2, -0.15) is 0 Å². The molecule has 2 N–H and O–H groups in total. The summed E-state index contributed by atoms with van der Waals surface area (Å²) in [6.45, 7) is 0.501. The highest BCUT2D eigenvalue weighted by Gasteiger charge is 2.27. The predicted molar refractivity (Wildman–Crippen MR) is 76.6 cm³/mol. The molecule has 0 aliphatic carbocycles. The van der Waals surface area contributed by atoms with Gasteiger partial charge in [-0.25, -0.2) is 22.5 Å². The number of hydrogen-bond acceptors (Lipinski definition) is 4. The van der Waals surface area contributed by atoms with E-state index in [9.17, 15) is 22.8 Å². The lowest BCUT2D eigenvalue weighted by molar-refractivity contribution is 0.0121. The van der Waals surface area contributed by atoms with Gasteiger partial charge in [-0.15, -0.1) is 0 Å². The molecule has 2 aromatic rings. The van der Waals surface area contributed by atoms with Crippen LogP contribution in [0.4, 0.5) is 13.2 Å². The van der Waals surface area contributed by atoms with Gasteiger partial charge < -0.3 is 10.2 Å². The van der Waals surface area contributed by atoms with Crippen molar-refractivity contribution in [2.45, 2.75) is 12.8 Å². The van der Waals surface area contributed by atoms with Crippen LogP contribution in [0.1, 0.15) is 18.2 Å². The molecule has 23 heavy (non-hydrogen) atoms. The first-order valence-electron chi connectivity index (χ1n) is 6.06. The van der Waals surface area contributed by atoms with Crippen molar-refractivity contribution >= 4 is 17.8 Å². The standard InChI is InChI=1S/C13H9ClF3N3O3/c1-13(16,17)10-4-11(21)20(12(22)19-10)9-2-6(5-18-23)7(14)3-8(9)15/h2-5,23H,1H3,(H,19,22)/b18-5+. The molecule has 0 saturated heterocycles. The number of benzene rings is 1. The Morgan fingerprint density at radius 2 is 2.00 bits per heavy atom. The molecule has 0 radical (unpaired) electrons. The minimum Gasteiger partial charge on any atom is -0.411 e. The van der Waals surface area contributed by atoms with Crippen molar-refractivity contribution in [3.05, 3.63) is 61.1 Å². The maximum Gasteiger partial charge on any atom is 0.333 e. The van der Waals surface area contributed by atoms with Crippen LogP contribution < -0.4 is 11.2 Å². The lowest BCUT2D eigenvalue weighted by Gasteiger charge is -2.12. The Hall–Kier alpha value is -2.55. The molecule has 1 aromatic carbocycles. The van der Waals surface area contributed by atoms with E-state index in [1.54, 1.807) is 0 Å². The second kappa shape index (κ2) is 5.92. The van der Waals surface area contributed by atoms with E-state index in [0.717, 1.165) is 18.3 Å². The summed E-state index contributed by atoms with van der Waals surface area (Å²) in [5.41, 5.74) is -3.81. The minimum atomic E-state index is -3.44. The number of aromatic amines is 1. The third-order valence-electron chi connectivity index (χ3n) is 2.91. The summed E-state index contributed by atoms with van der Waals surface area (Å²) in [5, 5.41) is 11.1. The molecule has 0 spiro atoms. The average molecular weight is 348 g/mol. The van der Waals surface area contributed by atoms with Crippen molar-refractivity contribution in [3.8, 4) is 5.69 Å². The average Bonchev–Trinajstić information content (AvgIpc) is 2.41. The lowest BCUT2D eigenvalue weighted by atomic mass is 10.2. The molecular weight excluding hydrogens is 339 g/mol. The number of nitrogens with one attached hydrogen (secondary N) is 1. The van der Waals surface area contributed by atoms with Gasteiger partial charge in [-0.3, -0.25) is 4.79 Å². The normalized spacial score (nSPS) is 12.0. The van der Waals surface area contributed by atoms with Gasteiger partial charge in [0.05, 0.1) is 22.6 Å². The fourth-order valence-electron chi connectivity index (χ4n) is 1.85. The fourth-order valence-corrected chi connectivity index (χ4v) is 2.05. The summed E-state index contributed by atoms with van der Waals surface area (Å²) in [7, 11) is 0. The Labute approximate surface area is 131 Å². The summed E-state index contributed by atoms with van der Waals surface area (Å²) in [6.07, 6.45) is 0.860. The van der Waals surface area contributed by atoms with E-state index >= 15 is 0 Å². The summed E-state index contributed by atoms with van der Waals surface area (Å²) in [5.74, 6) is -4.47. The van der Waals surface area contributed by atoms with Crippen LogP contribution in [0.2, 0.25) is 5.02 Å². The summed E-state index contributed by atoms with van der Waals surface area (Å²) in [4.78, 5) is 25.7. The number of aromatic nitrogens is 2. The van der Waals surface area contributed by atoms with Gasteiger partial charge in [0.15, 0.2) is 0 Å². The number of nitrogens with zero attached hydrogens (tertiary/aromatic N) is 2. The van der Waals surface area contributed by atoms with E-state index in [1.165, 1.54) is 0 Å². The molecule has 0 fully saturated rings. The van der Waals surface area contributed by atoms with Crippen LogP contribution in [0, 0.1) is 5.82 Å². The highest BCUT2D eigenvalue weighted by molar-refractivity contribution is 6.33. The number of halogens is 4. The van der Waals surface area contributed by atoms with E-state index in [0.29, 0.717) is 17.6 Å². The predicted octanol–water partition coefficient (Wildman–Crippen LogP) is 2.24. The van der Waals surface area contributed by atoms with Crippen molar-refractivity contribution in [2.24, 2.45) is 5.16 Å². The molecule has 2 rings (SSSR count). The van der Waals surface area contributed by atoms with Crippen molar-refractivity contribution in [3.63, 3.8) is 0 Å². The van der Waals surface area contributed by atoms with Crippen LogP contribution in [0.15, 0.2) is 32.9 Å². The van der Waals surface area contributed by atoms with Crippen molar-refractivity contribution < 1.29 is 18.4 Å². The van der Waals surface area contributed by atoms with E-state index in [2.05, 4.69) is 5.16 Å². The zero-order chi connectivity index (χ0) is 17.4. The second-order valence-corrected chi connectivity index (χ2v) is 5.03. The van der Waals surface area contributed by atoms with Crippen LogP contribution >= 0.6 is 11.6 Å². The molecule has 0 bridgehead atoms. The van der Waals surface area contributed by atoms with Crippen LogP contribution in [-0.2, 0) is 5.92 Å². The molecule has 0 atom stereocenters. The van der Waals surface area contributed by atoms with Gasteiger partial charge in [0.1, 0.15) is 5.82 Å². The maximum atomic E-state index is 14.0. The Bertz CT molecular complexity index is 869. The number of H-pyrrole nitrogens is 1. The number of rotatable bonds is 3. The van der Waals surface area contributed by atoms with E-state index < -0.39 is 34.4 Å². The Balaban J connectivity index is 2.76. The van der Waals surface area contributed by atoms with E-state index in [1.807, 2.05) is 4.98 Å². The van der Waals surface area contributed by atoms with Gasteiger partial charge in [0, 0.05) is 18.6 Å². The number of oxime groups is 1. The highest BCUT2D eigenvalue weighted by Crippen LogP contribution is 2.24. The third-order valence-corrected chi connectivity index (χ3v) is 3.24. The van der Waals surface area contributed by atoms with Crippen molar-refractivity contribution in [1.29, 1.82) is 0 Å². The quantitative estimate of drug-likeness (QED) is 0.507. The van der Waals surface area contributed by atoms with E-state index in [4.69, 9.17) is 16.8 Å². The first-order chi connectivity index (χ1) is 10.6. The summed E-state index contributed by atoms with van der Waals surface area (Å²) >= 11 is 5.72. The van der Waals surface area contributed by atoms with Crippen LogP contribution in [0.25, 0.3) is 5.69 Å². The van der Waals surface area contributed by atoms with Gasteiger partial charge in [-0.05, 0) is 12.1 Å². The first kappa shape index (κ1) is 16.8. The molecule has 0 unspecified atom stereocenters. The number of alkyl halides is 2. The van der Waals surface area contributed by atoms with Crippen LogP contribution in [-0.4, -0.2) is 21.0 Å². The SMILES string of the molecule is CC(F)(F)c1cc(=O)n(-c2cc(/C=N/O)c(Cl)cc2F)c(=O)[nH]1. The molecule has 6 nitrogen and oxygen atoms in total. The molecular formula is C13H9ClF3N3O3. The van der Waals surface area contributed by atoms with Crippen LogP contribution in [0.3, 0.4) is 0 Å². The smallest absolute Gasteiger partial charge is 0.333 e. The van der Waals surface area contributed by atoms with Gasteiger partial charge in [0.2, 0.25) is 0 Å². The van der Waals surface area contributed by atoms with E-state index in [-0.39, 0.29) is 10.6 Å². The molecule has 1 heterocycles. The third kappa shape index (κ3) is 3.29. The number of hydrogen-bond donors (Lipinski definition) is 2. The molecule has 0 saturated carbocycles. The van der Waals surface area contributed by atoms with Crippen LogP contribution in [0.5, 0.6) is 0 Å². The molecule has 0 aliphatic rings.